The van der Waals surface area contributed by atoms with E-state index in [0.717, 1.165) is 57.7 Å². The lowest BCUT2D eigenvalue weighted by molar-refractivity contribution is -0.134. The number of carbonyl (C=O) groups excluding carboxylic acids is 1. The van der Waals surface area contributed by atoms with Gasteiger partial charge >= 0.3 is 0 Å². The van der Waals surface area contributed by atoms with Gasteiger partial charge in [-0.25, -0.2) is 4.39 Å². The average Bonchev–Trinajstić information content (AvgIpc) is 3.11. The number of amides is 1. The number of rotatable bonds is 6. The summed E-state index contributed by atoms with van der Waals surface area (Å²) in [6, 6.07) is 7.11. The first-order valence-corrected chi connectivity index (χ1v) is 11.2. The molecule has 5 nitrogen and oxygen atoms in total. The number of carbonyl (C=O) groups is 1. The molecule has 2 saturated carbocycles. The van der Waals surface area contributed by atoms with Crippen LogP contribution in [0.1, 0.15) is 57.4 Å². The molecule has 0 spiro atoms. The number of nitrogens with one attached hydrogen (secondary N) is 2. The lowest BCUT2D eigenvalue weighted by Crippen LogP contribution is -2.45. The van der Waals surface area contributed by atoms with Crippen molar-refractivity contribution in [3.8, 4) is 0 Å². The third kappa shape index (κ3) is 5.45. The topological polar surface area (TPSA) is 56.7 Å². The highest BCUT2D eigenvalue weighted by Crippen LogP contribution is 2.48. The van der Waals surface area contributed by atoms with Crippen LogP contribution in [0.2, 0.25) is 0 Å². The van der Waals surface area contributed by atoms with Gasteiger partial charge in [-0.2, -0.15) is 0 Å². The Hall–Kier alpha value is -1.38. The summed E-state index contributed by atoms with van der Waals surface area (Å²) < 4.78 is 13.2. The van der Waals surface area contributed by atoms with Crippen LogP contribution in [0.5, 0.6) is 0 Å². The van der Waals surface area contributed by atoms with Gasteiger partial charge in [0.25, 0.3) is 0 Å². The number of halogens is 2. The lowest BCUT2D eigenvalue weighted by Gasteiger charge is -2.22. The standard InChI is InChI=1S/C23H33FN4O.HI/c1-2-25-22(26-16-23(12-13-23)18-7-9-19(24)10-8-18)27-20-11-14-28(15-20)21(29)17-5-3-4-6-17;/h7-10,17,20H,2-6,11-16H2,1H3,(H2,25,26,27);1H. The smallest absolute Gasteiger partial charge is 0.225 e. The molecule has 3 fully saturated rings. The molecule has 0 radical (unpaired) electrons. The third-order valence-corrected chi connectivity index (χ3v) is 6.74. The van der Waals surface area contributed by atoms with Crippen molar-refractivity contribution in [1.29, 1.82) is 0 Å². The zero-order valence-corrected chi connectivity index (χ0v) is 20.2. The van der Waals surface area contributed by atoms with E-state index in [4.69, 9.17) is 4.99 Å². The summed E-state index contributed by atoms with van der Waals surface area (Å²) in [4.78, 5) is 19.6. The Morgan fingerprint density at radius 3 is 2.53 bits per heavy atom. The van der Waals surface area contributed by atoms with E-state index in [1.165, 1.54) is 30.5 Å². The molecular weight excluding hydrogens is 494 g/mol. The van der Waals surface area contributed by atoms with E-state index in [2.05, 4.69) is 17.6 Å². The minimum Gasteiger partial charge on any atom is -0.357 e. The van der Waals surface area contributed by atoms with Crippen LogP contribution < -0.4 is 10.6 Å². The summed E-state index contributed by atoms with van der Waals surface area (Å²) in [6.45, 7) is 5.17. The first-order valence-electron chi connectivity index (χ1n) is 11.2. The predicted molar refractivity (Wildman–Crippen MR) is 129 cm³/mol. The molecule has 1 aliphatic heterocycles. The highest BCUT2D eigenvalue weighted by atomic mass is 127. The van der Waals surface area contributed by atoms with Gasteiger partial charge in [-0.05, 0) is 56.7 Å². The summed E-state index contributed by atoms with van der Waals surface area (Å²) in [7, 11) is 0. The maximum Gasteiger partial charge on any atom is 0.225 e. The summed E-state index contributed by atoms with van der Waals surface area (Å²) in [5.41, 5.74) is 1.23. The molecule has 1 saturated heterocycles. The largest absolute Gasteiger partial charge is 0.357 e. The molecular formula is C23H34FIN4O. The van der Waals surface area contributed by atoms with Crippen LogP contribution in [0.4, 0.5) is 4.39 Å². The summed E-state index contributed by atoms with van der Waals surface area (Å²) in [5, 5.41) is 6.88. The molecule has 1 atom stereocenters. The van der Waals surface area contributed by atoms with E-state index in [0.29, 0.717) is 12.5 Å². The van der Waals surface area contributed by atoms with E-state index in [1.807, 2.05) is 17.0 Å². The second-order valence-corrected chi connectivity index (χ2v) is 8.88. The van der Waals surface area contributed by atoms with Crippen LogP contribution in [0.3, 0.4) is 0 Å². The maximum atomic E-state index is 13.2. The Bertz CT molecular complexity index is 744. The van der Waals surface area contributed by atoms with Gasteiger partial charge in [-0.15, -0.1) is 24.0 Å². The number of guanidine groups is 1. The molecule has 1 heterocycles. The van der Waals surface area contributed by atoms with E-state index < -0.39 is 0 Å². The van der Waals surface area contributed by atoms with Crippen LogP contribution in [-0.4, -0.2) is 49.0 Å². The minimum atomic E-state index is -0.194. The summed E-state index contributed by atoms with van der Waals surface area (Å²) >= 11 is 0. The van der Waals surface area contributed by atoms with Crippen molar-refractivity contribution in [2.24, 2.45) is 10.9 Å². The van der Waals surface area contributed by atoms with Crippen LogP contribution in [-0.2, 0) is 10.2 Å². The molecule has 1 amide bonds. The van der Waals surface area contributed by atoms with Crippen LogP contribution in [0, 0.1) is 11.7 Å². The van der Waals surface area contributed by atoms with Gasteiger partial charge in [0.2, 0.25) is 5.91 Å². The van der Waals surface area contributed by atoms with Crippen molar-refractivity contribution < 1.29 is 9.18 Å². The van der Waals surface area contributed by atoms with E-state index in [-0.39, 0.29) is 47.2 Å². The van der Waals surface area contributed by atoms with Gasteiger partial charge in [0.15, 0.2) is 5.96 Å². The normalized spacial score (nSPS) is 23.2. The Kier molecular flexibility index (Phi) is 7.98. The zero-order valence-electron chi connectivity index (χ0n) is 17.8. The second kappa shape index (κ2) is 10.3. The molecule has 30 heavy (non-hydrogen) atoms. The highest BCUT2D eigenvalue weighted by molar-refractivity contribution is 14.0. The fourth-order valence-corrected chi connectivity index (χ4v) is 4.75. The second-order valence-electron chi connectivity index (χ2n) is 8.88. The summed E-state index contributed by atoms with van der Waals surface area (Å²) in [5.74, 6) is 1.23. The first kappa shape index (κ1) is 23.3. The van der Waals surface area contributed by atoms with Gasteiger partial charge in [0.05, 0.1) is 6.54 Å². The molecule has 3 aliphatic rings. The van der Waals surface area contributed by atoms with Crippen molar-refractivity contribution >= 4 is 35.8 Å². The zero-order chi connectivity index (χ0) is 20.3. The molecule has 1 aromatic carbocycles. The van der Waals surface area contributed by atoms with Crippen molar-refractivity contribution in [2.75, 3.05) is 26.2 Å². The number of likely N-dealkylation sites (tertiary alicyclic amines) is 1. The molecule has 4 rings (SSSR count). The number of hydrogen-bond acceptors (Lipinski definition) is 2. The highest BCUT2D eigenvalue weighted by Gasteiger charge is 2.44. The van der Waals surface area contributed by atoms with Gasteiger partial charge in [0.1, 0.15) is 5.82 Å². The maximum absolute atomic E-state index is 13.2. The fraction of sp³-hybridized carbons (Fsp3) is 0.652. The van der Waals surface area contributed by atoms with Crippen molar-refractivity contribution in [2.45, 2.75) is 63.3 Å². The van der Waals surface area contributed by atoms with E-state index in [9.17, 15) is 9.18 Å². The van der Waals surface area contributed by atoms with Crippen molar-refractivity contribution in [3.63, 3.8) is 0 Å². The Labute approximate surface area is 196 Å². The monoisotopic (exact) mass is 528 g/mol. The van der Waals surface area contributed by atoms with Gasteiger partial charge in [-0.3, -0.25) is 9.79 Å². The van der Waals surface area contributed by atoms with E-state index >= 15 is 0 Å². The van der Waals surface area contributed by atoms with E-state index in [1.54, 1.807) is 0 Å². The molecule has 0 bridgehead atoms. The average molecular weight is 528 g/mol. The SMILES string of the molecule is CCNC(=NCC1(c2ccc(F)cc2)CC1)NC1CCN(C(=O)C2CCCC2)C1.I. The predicted octanol–water partition coefficient (Wildman–Crippen LogP) is 3.82. The number of benzene rings is 1. The molecule has 1 aromatic rings. The fourth-order valence-electron chi connectivity index (χ4n) is 4.75. The van der Waals surface area contributed by atoms with Crippen molar-refractivity contribution in [1.82, 2.24) is 15.5 Å². The molecule has 0 aromatic heterocycles. The Morgan fingerprint density at radius 1 is 1.20 bits per heavy atom. The van der Waals surface area contributed by atoms with Gasteiger partial charge in [0, 0.05) is 37.0 Å². The van der Waals surface area contributed by atoms with Crippen LogP contribution in [0.15, 0.2) is 29.3 Å². The molecule has 7 heteroatoms. The number of aliphatic imine (C=N–C) groups is 1. The number of nitrogens with zero attached hydrogens (tertiary/aromatic N) is 2. The molecule has 2 N–H and O–H groups in total. The van der Waals surface area contributed by atoms with Crippen LogP contribution >= 0.6 is 24.0 Å². The Balaban J connectivity index is 0.00000256. The van der Waals surface area contributed by atoms with Crippen molar-refractivity contribution in [3.05, 3.63) is 35.6 Å². The Morgan fingerprint density at radius 2 is 1.90 bits per heavy atom. The summed E-state index contributed by atoms with van der Waals surface area (Å²) in [6.07, 6.45) is 7.65. The van der Waals surface area contributed by atoms with Crippen LogP contribution in [0.25, 0.3) is 0 Å². The molecule has 2 aliphatic carbocycles. The first-order chi connectivity index (χ1) is 14.1. The lowest BCUT2D eigenvalue weighted by atomic mass is 9.96. The third-order valence-electron chi connectivity index (χ3n) is 6.74. The van der Waals surface area contributed by atoms with Gasteiger partial charge in [-0.1, -0.05) is 25.0 Å². The van der Waals surface area contributed by atoms with Gasteiger partial charge < -0.3 is 15.5 Å². The minimum absolute atomic E-state index is 0. The quantitative estimate of drug-likeness (QED) is 0.336. The molecule has 166 valence electrons. The number of hydrogen-bond donors (Lipinski definition) is 2. The molecule has 1 unspecified atom stereocenters.